The number of pyridine rings is 1. The lowest BCUT2D eigenvalue weighted by atomic mass is 10.3. The van der Waals surface area contributed by atoms with E-state index in [0.29, 0.717) is 0 Å². The molecule has 2 aromatic heterocycles. The summed E-state index contributed by atoms with van der Waals surface area (Å²) in [5, 5.41) is 1.13. The van der Waals surface area contributed by atoms with Gasteiger partial charge in [-0.3, -0.25) is 4.98 Å². The first kappa shape index (κ1) is 9.46. The molecule has 0 amide bonds. The van der Waals surface area contributed by atoms with E-state index in [2.05, 4.69) is 30.7 Å². The number of aryl methyl sites for hydroxylation is 1. The molecule has 2 rings (SSSR count). The molecule has 0 aliphatic rings. The Labute approximate surface area is 85.0 Å². The fourth-order valence-electron chi connectivity index (χ4n) is 1.38. The predicted molar refractivity (Wildman–Crippen MR) is 61.7 cm³/mol. The summed E-state index contributed by atoms with van der Waals surface area (Å²) >= 11 is 0. The first-order valence-electron chi connectivity index (χ1n) is 4.83. The van der Waals surface area contributed by atoms with Gasteiger partial charge in [-0.15, -0.1) is 0 Å². The van der Waals surface area contributed by atoms with Crippen LogP contribution in [-0.4, -0.2) is 13.1 Å². The average Bonchev–Trinajstić information content (AvgIpc) is 2.45. The molecular weight excluding hydrogens is 190 g/mol. The van der Waals surface area contributed by atoms with Gasteiger partial charge in [-0.1, -0.05) is 19.6 Å². The Morgan fingerprint density at radius 3 is 2.57 bits per heavy atom. The molecule has 0 atom stereocenters. The summed E-state index contributed by atoms with van der Waals surface area (Å²) in [4.78, 5) is 4.34. The van der Waals surface area contributed by atoms with Crippen molar-refractivity contribution in [3.05, 3.63) is 23.9 Å². The van der Waals surface area contributed by atoms with Gasteiger partial charge in [-0.05, 0) is 18.6 Å². The topological polar surface area (TPSA) is 26.0 Å². The van der Waals surface area contributed by atoms with Gasteiger partial charge in [0.05, 0.1) is 5.38 Å². The van der Waals surface area contributed by atoms with Crippen molar-refractivity contribution in [1.82, 2.24) is 4.98 Å². The Morgan fingerprint density at radius 2 is 1.93 bits per heavy atom. The van der Waals surface area contributed by atoms with Gasteiger partial charge in [0, 0.05) is 12.3 Å². The molecule has 0 aliphatic carbocycles. The number of nitrogens with zero attached hydrogens (tertiary/aromatic N) is 1. The molecule has 0 aliphatic heterocycles. The van der Waals surface area contributed by atoms with Crippen molar-refractivity contribution in [3.63, 3.8) is 0 Å². The first-order chi connectivity index (χ1) is 6.47. The molecule has 2 aromatic rings. The van der Waals surface area contributed by atoms with Crippen LogP contribution in [0.4, 0.5) is 0 Å². The highest BCUT2D eigenvalue weighted by Gasteiger charge is 2.21. The van der Waals surface area contributed by atoms with Crippen molar-refractivity contribution in [3.8, 4) is 0 Å². The fourth-order valence-corrected chi connectivity index (χ4v) is 2.37. The number of aromatic nitrogens is 1. The van der Waals surface area contributed by atoms with E-state index in [1.807, 2.05) is 19.2 Å². The molecule has 0 aromatic carbocycles. The minimum atomic E-state index is -1.34. The maximum Gasteiger partial charge on any atom is 0.152 e. The molecule has 3 heteroatoms. The smallest absolute Gasteiger partial charge is 0.152 e. The Kier molecular flexibility index (Phi) is 1.99. The van der Waals surface area contributed by atoms with Gasteiger partial charge in [-0.2, -0.15) is 0 Å². The molecule has 0 unspecified atom stereocenters. The molecule has 14 heavy (non-hydrogen) atoms. The largest absolute Gasteiger partial charge is 0.465 e. The van der Waals surface area contributed by atoms with E-state index in [0.717, 1.165) is 22.0 Å². The molecule has 0 saturated heterocycles. The van der Waals surface area contributed by atoms with Crippen LogP contribution in [0.15, 0.2) is 22.7 Å². The number of furan rings is 1. The number of hydrogen-bond donors (Lipinski definition) is 0. The average molecular weight is 205 g/mol. The molecule has 2 nitrogen and oxygen atoms in total. The normalized spacial score (nSPS) is 12.3. The first-order valence-corrected chi connectivity index (χ1v) is 8.33. The zero-order valence-electron chi connectivity index (χ0n) is 9.09. The van der Waals surface area contributed by atoms with Crippen LogP contribution >= 0.6 is 0 Å². The highest BCUT2D eigenvalue weighted by Crippen LogP contribution is 2.15. The summed E-state index contributed by atoms with van der Waals surface area (Å²) in [5.41, 5.74) is 3.05. The third-order valence-corrected chi connectivity index (χ3v) is 3.97. The number of fused-ring (bicyclic) bond motifs is 1. The van der Waals surface area contributed by atoms with Crippen molar-refractivity contribution in [2.24, 2.45) is 0 Å². The van der Waals surface area contributed by atoms with Crippen LogP contribution < -0.4 is 5.38 Å². The lowest BCUT2D eigenvalue weighted by Crippen LogP contribution is -2.36. The minimum absolute atomic E-state index is 0.919. The van der Waals surface area contributed by atoms with Crippen LogP contribution in [0.1, 0.15) is 5.56 Å². The Morgan fingerprint density at radius 1 is 1.21 bits per heavy atom. The van der Waals surface area contributed by atoms with Crippen LogP contribution in [0.2, 0.25) is 19.6 Å². The second-order valence-electron chi connectivity index (χ2n) is 4.76. The Balaban J connectivity index is 2.63. The van der Waals surface area contributed by atoms with E-state index in [4.69, 9.17) is 4.42 Å². The van der Waals surface area contributed by atoms with Crippen LogP contribution in [0.25, 0.3) is 11.1 Å². The SMILES string of the molecule is Cc1cnc2cc([Si](C)(C)C)oc2c1. The van der Waals surface area contributed by atoms with Crippen molar-refractivity contribution >= 4 is 24.6 Å². The van der Waals surface area contributed by atoms with E-state index < -0.39 is 8.07 Å². The molecule has 0 fully saturated rings. The summed E-state index contributed by atoms with van der Waals surface area (Å²) in [5.74, 6) is 0. The summed E-state index contributed by atoms with van der Waals surface area (Å²) in [7, 11) is -1.34. The molecule has 2 heterocycles. The predicted octanol–water partition coefficient (Wildman–Crippen LogP) is 2.68. The molecule has 74 valence electrons. The zero-order chi connectivity index (χ0) is 10.3. The van der Waals surface area contributed by atoms with E-state index >= 15 is 0 Å². The fraction of sp³-hybridized carbons (Fsp3) is 0.364. The van der Waals surface area contributed by atoms with Gasteiger partial charge >= 0.3 is 0 Å². The van der Waals surface area contributed by atoms with E-state index in [-0.39, 0.29) is 0 Å². The van der Waals surface area contributed by atoms with Crippen LogP contribution in [0.3, 0.4) is 0 Å². The zero-order valence-corrected chi connectivity index (χ0v) is 10.1. The van der Waals surface area contributed by atoms with E-state index in [1.165, 1.54) is 0 Å². The highest BCUT2D eigenvalue weighted by atomic mass is 28.3. The molecule has 0 saturated carbocycles. The molecule has 0 spiro atoms. The molecule has 0 bridgehead atoms. The quantitative estimate of drug-likeness (QED) is 0.669. The van der Waals surface area contributed by atoms with Gasteiger partial charge in [0.25, 0.3) is 0 Å². The van der Waals surface area contributed by atoms with Crippen molar-refractivity contribution in [1.29, 1.82) is 0 Å². The van der Waals surface area contributed by atoms with E-state index in [9.17, 15) is 0 Å². The van der Waals surface area contributed by atoms with Crippen molar-refractivity contribution < 1.29 is 4.42 Å². The van der Waals surface area contributed by atoms with Crippen LogP contribution in [-0.2, 0) is 0 Å². The van der Waals surface area contributed by atoms with Crippen molar-refractivity contribution in [2.45, 2.75) is 26.6 Å². The minimum Gasteiger partial charge on any atom is -0.465 e. The monoisotopic (exact) mass is 205 g/mol. The van der Waals surface area contributed by atoms with Gasteiger partial charge in [0.2, 0.25) is 0 Å². The Bertz CT molecular complexity index is 468. The lowest BCUT2D eigenvalue weighted by molar-refractivity contribution is 0.647. The summed E-state index contributed by atoms with van der Waals surface area (Å²) in [6, 6.07) is 4.13. The standard InChI is InChI=1S/C11H15NOSi/c1-8-5-10-9(12-7-8)6-11(13-10)14(2,3)4/h5-7H,1-4H3. The summed E-state index contributed by atoms with van der Waals surface area (Å²) < 4.78 is 5.81. The van der Waals surface area contributed by atoms with Crippen molar-refractivity contribution in [2.75, 3.05) is 0 Å². The maximum absolute atomic E-state index is 5.81. The third-order valence-electron chi connectivity index (χ3n) is 2.25. The second-order valence-corrected chi connectivity index (χ2v) is 9.75. The summed E-state index contributed by atoms with van der Waals surface area (Å²) in [6.45, 7) is 8.86. The van der Waals surface area contributed by atoms with E-state index in [1.54, 1.807) is 0 Å². The van der Waals surface area contributed by atoms with Gasteiger partial charge in [0.15, 0.2) is 5.58 Å². The van der Waals surface area contributed by atoms with Crippen LogP contribution in [0.5, 0.6) is 0 Å². The second kappa shape index (κ2) is 2.95. The van der Waals surface area contributed by atoms with Gasteiger partial charge < -0.3 is 4.42 Å². The number of hydrogen-bond acceptors (Lipinski definition) is 2. The van der Waals surface area contributed by atoms with Gasteiger partial charge in [-0.25, -0.2) is 0 Å². The lowest BCUT2D eigenvalue weighted by Gasteiger charge is -2.10. The summed E-state index contributed by atoms with van der Waals surface area (Å²) in [6.07, 6.45) is 1.88. The Hall–Kier alpha value is -1.09. The number of rotatable bonds is 1. The molecular formula is C11H15NOSi. The van der Waals surface area contributed by atoms with Crippen LogP contribution in [0, 0.1) is 6.92 Å². The molecule has 0 N–H and O–H groups in total. The van der Waals surface area contributed by atoms with Gasteiger partial charge in [0.1, 0.15) is 13.6 Å². The molecule has 0 radical (unpaired) electrons. The maximum atomic E-state index is 5.81. The third kappa shape index (κ3) is 1.59. The highest BCUT2D eigenvalue weighted by molar-refractivity contribution is 6.87.